The molecule has 0 atom stereocenters. The normalized spacial score (nSPS) is 14.7. The molecule has 28 heavy (non-hydrogen) atoms. The molecule has 3 heterocycles. The van der Waals surface area contributed by atoms with Crippen LogP contribution in [0.1, 0.15) is 0 Å². The Balaban J connectivity index is 1.94. The van der Waals surface area contributed by atoms with Crippen LogP contribution in [0.3, 0.4) is 0 Å². The monoisotopic (exact) mass is 496 g/mol. The molecular weight excluding hydrogens is 476 g/mol. The summed E-state index contributed by atoms with van der Waals surface area (Å²) in [6, 6.07) is 27.5. The minimum Gasteiger partial charge on any atom is -0.144 e. The summed E-state index contributed by atoms with van der Waals surface area (Å²) < 4.78 is 2.87. The molecule has 2 aromatic carbocycles. The molecule has 2 aromatic heterocycles. The zero-order valence-corrected chi connectivity index (χ0v) is 21.3. The Morgan fingerprint density at radius 3 is 1.75 bits per heavy atom. The van der Waals surface area contributed by atoms with Crippen molar-refractivity contribution < 1.29 is 0 Å². The van der Waals surface area contributed by atoms with E-state index < -0.39 is 16.1 Å². The SMILES string of the molecule is C[Si](C)(C)c1cc2c(s1)-c1sc(Br)cc1[Si]2(c1ccccc1)c1ccccc1. The molecule has 0 radical (unpaired) electrons. The fourth-order valence-corrected chi connectivity index (χ4v) is 15.8. The summed E-state index contributed by atoms with van der Waals surface area (Å²) in [4.78, 5) is 3.03. The van der Waals surface area contributed by atoms with Gasteiger partial charge in [0.2, 0.25) is 0 Å². The number of rotatable bonds is 3. The van der Waals surface area contributed by atoms with Crippen molar-refractivity contribution in [2.45, 2.75) is 19.6 Å². The molecule has 0 spiro atoms. The maximum absolute atomic E-state index is 3.81. The first kappa shape index (κ1) is 18.8. The van der Waals surface area contributed by atoms with E-state index >= 15 is 0 Å². The summed E-state index contributed by atoms with van der Waals surface area (Å²) in [6.45, 7) is 7.40. The van der Waals surface area contributed by atoms with Gasteiger partial charge in [0.1, 0.15) is 0 Å². The summed E-state index contributed by atoms with van der Waals surface area (Å²) >= 11 is 7.78. The highest BCUT2D eigenvalue weighted by atomic mass is 79.9. The molecule has 0 unspecified atom stereocenters. The van der Waals surface area contributed by atoms with Gasteiger partial charge in [0.25, 0.3) is 0 Å². The minimum atomic E-state index is -2.25. The second-order valence-electron chi connectivity index (χ2n) is 8.38. The van der Waals surface area contributed by atoms with Crippen molar-refractivity contribution in [2.75, 3.05) is 0 Å². The highest BCUT2D eigenvalue weighted by Crippen LogP contribution is 2.39. The molecule has 0 nitrogen and oxygen atoms in total. The van der Waals surface area contributed by atoms with Gasteiger partial charge in [0.05, 0.1) is 11.9 Å². The van der Waals surface area contributed by atoms with Crippen LogP contribution in [0.5, 0.6) is 0 Å². The van der Waals surface area contributed by atoms with Gasteiger partial charge in [-0.2, -0.15) is 0 Å². The Hall–Kier alpha value is -1.25. The topological polar surface area (TPSA) is 0 Å². The second kappa shape index (κ2) is 6.64. The number of halogens is 1. The third kappa shape index (κ3) is 2.64. The second-order valence-corrected chi connectivity index (χ2v) is 21.0. The number of hydrogen-bond donors (Lipinski definition) is 0. The van der Waals surface area contributed by atoms with Crippen LogP contribution >= 0.6 is 38.6 Å². The lowest BCUT2D eigenvalue weighted by molar-refractivity contribution is 1.71. The third-order valence-corrected chi connectivity index (χ3v) is 17.3. The van der Waals surface area contributed by atoms with E-state index in [4.69, 9.17) is 0 Å². The molecular formula is C23H21BrS2Si2. The highest BCUT2D eigenvalue weighted by Gasteiger charge is 2.51. The zero-order chi connectivity index (χ0) is 19.5. The standard InChI is InChI=1S/C23H21BrS2Si2/c1-27(2,3)21-15-19-23(26-21)22-18(14-20(24)25-22)28(19,16-10-6-4-7-11-16)17-12-8-5-9-13-17/h4-15H,1-3H3. The van der Waals surface area contributed by atoms with Crippen LogP contribution in [-0.2, 0) is 0 Å². The van der Waals surface area contributed by atoms with Gasteiger partial charge in [-0.05, 0) is 47.2 Å². The summed E-state index contributed by atoms with van der Waals surface area (Å²) in [7, 11) is -3.62. The van der Waals surface area contributed by atoms with Gasteiger partial charge in [-0.3, -0.25) is 0 Å². The molecule has 1 aliphatic heterocycles. The van der Waals surface area contributed by atoms with Crippen LogP contribution < -0.4 is 25.2 Å². The smallest absolute Gasteiger partial charge is 0.144 e. The molecule has 0 saturated carbocycles. The van der Waals surface area contributed by atoms with Crippen molar-refractivity contribution in [1.29, 1.82) is 0 Å². The van der Waals surface area contributed by atoms with Crippen LogP contribution in [0.4, 0.5) is 0 Å². The van der Waals surface area contributed by atoms with Crippen molar-refractivity contribution in [3.05, 3.63) is 76.6 Å². The van der Waals surface area contributed by atoms with Crippen molar-refractivity contribution in [3.8, 4) is 9.75 Å². The maximum Gasteiger partial charge on any atom is 0.182 e. The van der Waals surface area contributed by atoms with Gasteiger partial charge in [0, 0.05) is 9.75 Å². The first-order valence-corrected chi connectivity index (χ1v) is 17.4. The molecule has 5 heteroatoms. The van der Waals surface area contributed by atoms with Crippen molar-refractivity contribution in [2.24, 2.45) is 0 Å². The average molecular weight is 498 g/mol. The van der Waals surface area contributed by atoms with Crippen LogP contribution in [0, 0.1) is 0 Å². The fourth-order valence-electron chi connectivity index (χ4n) is 4.33. The summed E-state index contributed by atoms with van der Waals surface area (Å²) in [5.41, 5.74) is 0. The zero-order valence-electron chi connectivity index (χ0n) is 16.1. The molecule has 0 fully saturated rings. The Bertz CT molecular complexity index is 1120. The lowest BCUT2D eigenvalue weighted by Gasteiger charge is -2.30. The lowest BCUT2D eigenvalue weighted by Crippen LogP contribution is -2.72. The third-order valence-electron chi connectivity index (χ3n) is 5.60. The van der Waals surface area contributed by atoms with Gasteiger partial charge < -0.3 is 0 Å². The molecule has 0 bridgehead atoms. The summed E-state index contributed by atoms with van der Waals surface area (Å²) in [5.74, 6) is 0. The van der Waals surface area contributed by atoms with E-state index in [0.717, 1.165) is 0 Å². The molecule has 0 aliphatic carbocycles. The van der Waals surface area contributed by atoms with E-state index in [1.165, 1.54) is 23.9 Å². The Kier molecular flexibility index (Phi) is 4.45. The van der Waals surface area contributed by atoms with E-state index in [2.05, 4.69) is 120 Å². The largest absolute Gasteiger partial charge is 0.182 e. The van der Waals surface area contributed by atoms with Gasteiger partial charge in [-0.25, -0.2) is 0 Å². The molecule has 4 aromatic rings. The van der Waals surface area contributed by atoms with E-state index in [1.807, 2.05) is 11.3 Å². The van der Waals surface area contributed by atoms with Gasteiger partial charge in [0.15, 0.2) is 8.07 Å². The first-order valence-electron chi connectivity index (χ1n) is 9.48. The Morgan fingerprint density at radius 1 is 0.714 bits per heavy atom. The Labute approximate surface area is 185 Å². The van der Waals surface area contributed by atoms with E-state index in [0.29, 0.717) is 0 Å². The van der Waals surface area contributed by atoms with Crippen molar-refractivity contribution >= 4 is 80.0 Å². The van der Waals surface area contributed by atoms with Crippen LogP contribution in [-0.4, -0.2) is 16.1 Å². The molecule has 1 aliphatic rings. The predicted octanol–water partition coefficient (Wildman–Crippen LogP) is 4.48. The molecule has 140 valence electrons. The van der Waals surface area contributed by atoms with E-state index in [9.17, 15) is 0 Å². The van der Waals surface area contributed by atoms with E-state index in [-0.39, 0.29) is 0 Å². The van der Waals surface area contributed by atoms with Crippen LogP contribution in [0.2, 0.25) is 19.6 Å². The highest BCUT2D eigenvalue weighted by molar-refractivity contribution is 9.11. The van der Waals surface area contributed by atoms with E-state index in [1.54, 1.807) is 14.9 Å². The Morgan fingerprint density at radius 2 is 1.21 bits per heavy atom. The number of benzene rings is 2. The summed E-state index contributed by atoms with van der Waals surface area (Å²) in [5, 5.41) is 6.16. The van der Waals surface area contributed by atoms with Crippen LogP contribution in [0.25, 0.3) is 9.75 Å². The molecule has 0 saturated heterocycles. The number of thiophene rings is 2. The molecule has 0 N–H and O–H groups in total. The maximum atomic E-state index is 3.81. The summed E-state index contributed by atoms with van der Waals surface area (Å²) in [6.07, 6.45) is 0. The quantitative estimate of drug-likeness (QED) is 0.323. The van der Waals surface area contributed by atoms with Gasteiger partial charge in [-0.1, -0.05) is 86.4 Å². The van der Waals surface area contributed by atoms with Crippen molar-refractivity contribution in [3.63, 3.8) is 0 Å². The molecule has 5 rings (SSSR count). The first-order chi connectivity index (χ1) is 13.4. The average Bonchev–Trinajstić information content (AvgIpc) is 3.33. The van der Waals surface area contributed by atoms with Gasteiger partial charge in [-0.15, -0.1) is 22.7 Å². The van der Waals surface area contributed by atoms with Crippen molar-refractivity contribution in [1.82, 2.24) is 0 Å². The lowest BCUT2D eigenvalue weighted by atomic mass is 10.4. The molecule has 0 amide bonds. The minimum absolute atomic E-state index is 1.25. The van der Waals surface area contributed by atoms with Crippen LogP contribution in [0.15, 0.2) is 76.6 Å². The number of fused-ring (bicyclic) bond motifs is 3. The fraction of sp³-hybridized carbons (Fsp3) is 0.130. The van der Waals surface area contributed by atoms with Gasteiger partial charge >= 0.3 is 0 Å². The number of hydrogen-bond acceptors (Lipinski definition) is 2. The predicted molar refractivity (Wildman–Crippen MR) is 135 cm³/mol.